The van der Waals surface area contributed by atoms with Crippen molar-refractivity contribution in [3.05, 3.63) is 93.4 Å². The topological polar surface area (TPSA) is 80.3 Å². The second kappa shape index (κ2) is 15.1. The Bertz CT molecular complexity index is 1430. The van der Waals surface area contributed by atoms with E-state index in [2.05, 4.69) is 86.8 Å². The third-order valence-corrected chi connectivity index (χ3v) is 9.69. The number of piperidine rings is 1. The van der Waals surface area contributed by atoms with Gasteiger partial charge in [0.25, 0.3) is 0 Å². The maximum atomic E-state index is 13.0. The highest BCUT2D eigenvalue weighted by Gasteiger charge is 2.37. The number of hydrogen-bond donors (Lipinski definition) is 1. The first-order chi connectivity index (χ1) is 22.0. The molecule has 0 saturated carbocycles. The molecule has 1 unspecified atom stereocenters. The molecule has 3 aromatic rings. The van der Waals surface area contributed by atoms with Gasteiger partial charge >= 0.3 is 12.1 Å². The van der Waals surface area contributed by atoms with Gasteiger partial charge < -0.3 is 24.4 Å². The first-order valence-corrected chi connectivity index (χ1v) is 17.0. The van der Waals surface area contributed by atoms with Gasteiger partial charge in [-0.1, -0.05) is 72.3 Å². The molecule has 2 aliphatic rings. The van der Waals surface area contributed by atoms with Gasteiger partial charge in [-0.2, -0.15) is 0 Å². The Morgan fingerprint density at radius 3 is 2.11 bits per heavy atom. The Morgan fingerprint density at radius 2 is 1.57 bits per heavy atom. The van der Waals surface area contributed by atoms with Crippen LogP contribution < -0.4 is 10.1 Å². The van der Waals surface area contributed by atoms with E-state index in [1.54, 1.807) is 11.0 Å². The number of rotatable bonds is 10. The highest BCUT2D eigenvalue weighted by Crippen LogP contribution is 2.38. The van der Waals surface area contributed by atoms with Crippen LogP contribution in [0.5, 0.6) is 5.75 Å². The molecule has 1 amide bonds. The van der Waals surface area contributed by atoms with Crippen molar-refractivity contribution in [1.29, 1.82) is 0 Å². The van der Waals surface area contributed by atoms with Crippen molar-refractivity contribution in [1.82, 2.24) is 9.80 Å². The highest BCUT2D eigenvalue weighted by atomic mass is 79.9. The average Bonchev–Trinajstić information content (AvgIpc) is 3.02. The first-order valence-electron chi connectivity index (χ1n) is 15.8. The second-order valence-corrected chi connectivity index (χ2v) is 14.3. The van der Waals surface area contributed by atoms with Gasteiger partial charge in [0.1, 0.15) is 11.4 Å². The molecule has 46 heavy (non-hydrogen) atoms. The molecular formula is C36H43BrClN3O5. The molecule has 0 aliphatic carbocycles. The minimum absolute atomic E-state index is 0.137. The zero-order chi connectivity index (χ0) is 32.8. The summed E-state index contributed by atoms with van der Waals surface area (Å²) >= 11 is 10.0. The molecule has 5 rings (SSSR count). The number of ether oxygens (including phenoxy) is 3. The molecule has 3 aromatic carbocycles. The van der Waals surface area contributed by atoms with Gasteiger partial charge in [0.15, 0.2) is 6.10 Å². The fourth-order valence-corrected chi connectivity index (χ4v) is 6.64. The molecule has 8 nitrogen and oxygen atoms in total. The van der Waals surface area contributed by atoms with Crippen LogP contribution in [0, 0.1) is 11.8 Å². The Kier molecular flexibility index (Phi) is 11.2. The molecule has 2 fully saturated rings. The van der Waals surface area contributed by atoms with E-state index in [0.717, 1.165) is 25.3 Å². The number of benzene rings is 3. The standard InChI is InChI=1S/C36H43BrClN3O5/c1-36(2,3)46-35(43)40-17-15-27(16-18-40)33(34(42)44-4)45-31-19-28(37)29(38)20-30(31)39-21-24-22-41(23-24)32(25-11-7-5-8-12-25)26-13-9-6-10-14-26/h5-14,19-20,24,27,32-33,39H,15-18,21-23H2,1-4H3. The minimum atomic E-state index is -0.837. The number of carbonyl (C=O) groups is 2. The predicted octanol–water partition coefficient (Wildman–Crippen LogP) is 7.80. The number of nitrogens with one attached hydrogen (secondary N) is 1. The van der Waals surface area contributed by atoms with E-state index in [1.165, 1.54) is 18.2 Å². The van der Waals surface area contributed by atoms with Crippen LogP contribution in [0.25, 0.3) is 0 Å². The lowest BCUT2D eigenvalue weighted by molar-refractivity contribution is -0.152. The third-order valence-electron chi connectivity index (χ3n) is 8.49. The lowest BCUT2D eigenvalue weighted by atomic mass is 9.90. The third kappa shape index (κ3) is 8.55. The van der Waals surface area contributed by atoms with Gasteiger partial charge in [-0.3, -0.25) is 4.90 Å². The van der Waals surface area contributed by atoms with Crippen LogP contribution in [0.15, 0.2) is 77.3 Å². The summed E-state index contributed by atoms with van der Waals surface area (Å²) < 4.78 is 17.8. The molecule has 0 spiro atoms. The van der Waals surface area contributed by atoms with E-state index >= 15 is 0 Å². The first kappa shape index (κ1) is 34.1. The van der Waals surface area contributed by atoms with E-state index in [4.69, 9.17) is 25.8 Å². The summed E-state index contributed by atoms with van der Waals surface area (Å²) in [6, 6.07) is 25.1. The molecule has 1 atom stereocenters. The fraction of sp³-hybridized carbons (Fsp3) is 0.444. The summed E-state index contributed by atoms with van der Waals surface area (Å²) in [5, 5.41) is 4.09. The summed E-state index contributed by atoms with van der Waals surface area (Å²) in [6.07, 6.45) is -0.0178. The number of halogens is 2. The molecule has 2 aliphatic heterocycles. The largest absolute Gasteiger partial charge is 0.476 e. The van der Waals surface area contributed by atoms with E-state index in [0.29, 0.717) is 47.1 Å². The van der Waals surface area contributed by atoms with E-state index < -0.39 is 17.7 Å². The van der Waals surface area contributed by atoms with Crippen molar-refractivity contribution in [2.75, 3.05) is 45.2 Å². The summed E-state index contributed by atoms with van der Waals surface area (Å²) in [4.78, 5) is 29.8. The number of likely N-dealkylation sites (tertiary alicyclic amines) is 2. The summed E-state index contributed by atoms with van der Waals surface area (Å²) in [5.74, 6) is 0.347. The smallest absolute Gasteiger partial charge is 0.410 e. The van der Waals surface area contributed by atoms with Crippen molar-refractivity contribution in [2.45, 2.75) is 51.4 Å². The lowest BCUT2D eigenvalue weighted by Gasteiger charge is -2.45. The number of hydrogen-bond acceptors (Lipinski definition) is 7. The molecular weight excluding hydrogens is 670 g/mol. The Balaban J connectivity index is 1.24. The van der Waals surface area contributed by atoms with Crippen LogP contribution in [0.1, 0.15) is 50.8 Å². The van der Waals surface area contributed by atoms with Crippen LogP contribution in [-0.2, 0) is 14.3 Å². The SMILES string of the molecule is COC(=O)C(Oc1cc(Br)c(Cl)cc1NCC1CN(C(c2ccccc2)c2ccccc2)C1)C1CCN(C(=O)OC(C)(C)C)CC1. The molecule has 0 radical (unpaired) electrons. The molecule has 10 heteroatoms. The molecule has 246 valence electrons. The number of amides is 1. The van der Waals surface area contributed by atoms with Crippen LogP contribution in [0.4, 0.5) is 10.5 Å². The van der Waals surface area contributed by atoms with Crippen molar-refractivity contribution < 1.29 is 23.8 Å². The molecule has 0 aromatic heterocycles. The van der Waals surface area contributed by atoms with E-state index in [-0.39, 0.29) is 18.1 Å². The van der Waals surface area contributed by atoms with Gasteiger partial charge in [-0.05, 0) is 72.8 Å². The fourth-order valence-electron chi connectivity index (χ4n) is 6.15. The van der Waals surface area contributed by atoms with Crippen molar-refractivity contribution in [3.8, 4) is 5.75 Å². The van der Waals surface area contributed by atoms with Gasteiger partial charge in [-0.25, -0.2) is 9.59 Å². The average molecular weight is 713 g/mol. The van der Waals surface area contributed by atoms with Crippen LogP contribution in [-0.4, -0.2) is 73.4 Å². The highest BCUT2D eigenvalue weighted by molar-refractivity contribution is 9.10. The van der Waals surface area contributed by atoms with Gasteiger partial charge in [0, 0.05) is 49.0 Å². The molecule has 0 bridgehead atoms. The van der Waals surface area contributed by atoms with E-state index in [9.17, 15) is 9.59 Å². The van der Waals surface area contributed by atoms with Crippen molar-refractivity contribution in [3.63, 3.8) is 0 Å². The number of anilines is 1. The molecule has 2 heterocycles. The van der Waals surface area contributed by atoms with Gasteiger partial charge in [0.05, 0.1) is 23.9 Å². The van der Waals surface area contributed by atoms with Crippen LogP contribution in [0.3, 0.4) is 0 Å². The lowest BCUT2D eigenvalue weighted by Crippen LogP contribution is -2.51. The Hall–Kier alpha value is -3.27. The number of carbonyl (C=O) groups excluding carboxylic acids is 2. The maximum Gasteiger partial charge on any atom is 0.410 e. The second-order valence-electron chi connectivity index (χ2n) is 13.1. The zero-order valence-electron chi connectivity index (χ0n) is 26.9. The minimum Gasteiger partial charge on any atom is -0.476 e. The maximum absolute atomic E-state index is 13.0. The van der Waals surface area contributed by atoms with Crippen LogP contribution >= 0.6 is 27.5 Å². The summed E-state index contributed by atoms with van der Waals surface area (Å²) in [7, 11) is 1.37. The quantitative estimate of drug-likeness (QED) is 0.215. The normalized spacial score (nSPS) is 16.9. The number of esters is 1. The number of nitrogens with zero attached hydrogens (tertiary/aromatic N) is 2. The summed E-state index contributed by atoms with van der Waals surface area (Å²) in [6.45, 7) is 9.07. The predicted molar refractivity (Wildman–Crippen MR) is 184 cm³/mol. The molecule has 1 N–H and O–H groups in total. The van der Waals surface area contributed by atoms with Gasteiger partial charge in [0.2, 0.25) is 0 Å². The molecule has 2 saturated heterocycles. The van der Waals surface area contributed by atoms with Gasteiger partial charge in [-0.15, -0.1) is 0 Å². The Labute approximate surface area is 285 Å². The van der Waals surface area contributed by atoms with Crippen LogP contribution in [0.2, 0.25) is 5.02 Å². The number of methoxy groups -OCH3 is 1. The van der Waals surface area contributed by atoms with Crippen molar-refractivity contribution >= 4 is 45.3 Å². The monoisotopic (exact) mass is 711 g/mol. The summed E-state index contributed by atoms with van der Waals surface area (Å²) in [5.41, 5.74) is 2.71. The van der Waals surface area contributed by atoms with Crippen molar-refractivity contribution in [2.24, 2.45) is 11.8 Å². The zero-order valence-corrected chi connectivity index (χ0v) is 29.2. The van der Waals surface area contributed by atoms with E-state index in [1.807, 2.05) is 26.8 Å². The Morgan fingerprint density at radius 1 is 0.978 bits per heavy atom.